The van der Waals surface area contributed by atoms with Gasteiger partial charge in [-0.2, -0.15) is 0 Å². The Morgan fingerprint density at radius 1 is 1.29 bits per heavy atom. The van der Waals surface area contributed by atoms with Crippen molar-refractivity contribution in [1.29, 1.82) is 0 Å². The molecule has 0 amide bonds. The Balaban J connectivity index is 2.46. The summed E-state index contributed by atoms with van der Waals surface area (Å²) in [6.07, 6.45) is 3.64. The maximum absolute atomic E-state index is 5.74. The smallest absolute Gasteiger partial charge is 0.223 e. The third kappa shape index (κ3) is 1.71. The fourth-order valence-corrected chi connectivity index (χ4v) is 1.33. The second-order valence-electron chi connectivity index (χ2n) is 4.27. The summed E-state index contributed by atoms with van der Waals surface area (Å²) in [6.45, 7) is 6.04. The Labute approximate surface area is 83.1 Å². The summed E-state index contributed by atoms with van der Waals surface area (Å²) < 4.78 is 5.74. The zero-order chi connectivity index (χ0) is 10.2. The van der Waals surface area contributed by atoms with Crippen LogP contribution in [0.1, 0.15) is 20.8 Å². The number of H-pyrrole nitrogens is 1. The van der Waals surface area contributed by atoms with E-state index < -0.39 is 0 Å². The molecule has 14 heavy (non-hydrogen) atoms. The average Bonchev–Trinajstić information content (AvgIpc) is 2.49. The maximum Gasteiger partial charge on any atom is 0.223 e. The predicted molar refractivity (Wildman–Crippen MR) is 56.5 cm³/mol. The first-order chi connectivity index (χ1) is 6.56. The van der Waals surface area contributed by atoms with Gasteiger partial charge in [-0.1, -0.05) is 0 Å². The molecule has 0 bridgehead atoms. The summed E-state index contributed by atoms with van der Waals surface area (Å²) >= 11 is 0. The molecule has 3 heteroatoms. The van der Waals surface area contributed by atoms with Crippen molar-refractivity contribution in [2.24, 2.45) is 0 Å². The molecule has 0 aromatic carbocycles. The SMILES string of the molecule is CC(C)(C)Oc1nccc2[nH]ccc12. The second-order valence-corrected chi connectivity index (χ2v) is 4.27. The standard InChI is InChI=1S/C11H14N2O/c1-11(2,3)14-10-8-4-6-12-9(8)5-7-13-10/h4-7,12H,1-3H3. The zero-order valence-corrected chi connectivity index (χ0v) is 8.66. The van der Waals surface area contributed by atoms with Crippen LogP contribution in [0.4, 0.5) is 0 Å². The Bertz CT molecular complexity index is 440. The summed E-state index contributed by atoms with van der Waals surface area (Å²) in [6, 6.07) is 3.91. The van der Waals surface area contributed by atoms with E-state index in [4.69, 9.17) is 4.74 Å². The van der Waals surface area contributed by atoms with Crippen LogP contribution in [0.2, 0.25) is 0 Å². The van der Waals surface area contributed by atoms with Gasteiger partial charge >= 0.3 is 0 Å². The molecule has 0 aliphatic heterocycles. The van der Waals surface area contributed by atoms with E-state index >= 15 is 0 Å². The number of fused-ring (bicyclic) bond motifs is 1. The largest absolute Gasteiger partial charge is 0.471 e. The number of aromatic amines is 1. The lowest BCUT2D eigenvalue weighted by molar-refractivity contribution is 0.126. The van der Waals surface area contributed by atoms with Gasteiger partial charge in [0, 0.05) is 12.4 Å². The van der Waals surface area contributed by atoms with Crippen molar-refractivity contribution in [3.05, 3.63) is 24.5 Å². The molecule has 2 heterocycles. The lowest BCUT2D eigenvalue weighted by Crippen LogP contribution is -2.23. The highest BCUT2D eigenvalue weighted by Gasteiger charge is 2.14. The van der Waals surface area contributed by atoms with Crippen molar-refractivity contribution >= 4 is 10.9 Å². The normalized spacial score (nSPS) is 11.9. The molecular weight excluding hydrogens is 176 g/mol. The molecular formula is C11H14N2O. The minimum Gasteiger partial charge on any atom is -0.471 e. The van der Waals surface area contributed by atoms with Gasteiger partial charge in [-0.25, -0.2) is 4.98 Å². The Morgan fingerprint density at radius 3 is 2.79 bits per heavy atom. The maximum atomic E-state index is 5.74. The molecule has 0 saturated carbocycles. The number of hydrogen-bond donors (Lipinski definition) is 1. The topological polar surface area (TPSA) is 37.9 Å². The van der Waals surface area contributed by atoms with Crippen LogP contribution >= 0.6 is 0 Å². The molecule has 0 atom stereocenters. The summed E-state index contributed by atoms with van der Waals surface area (Å²) in [5, 5.41) is 1.03. The molecule has 2 aromatic rings. The lowest BCUT2D eigenvalue weighted by atomic mass is 10.2. The van der Waals surface area contributed by atoms with E-state index in [0.717, 1.165) is 10.9 Å². The molecule has 0 aliphatic rings. The van der Waals surface area contributed by atoms with Gasteiger partial charge in [0.15, 0.2) is 0 Å². The number of nitrogens with one attached hydrogen (secondary N) is 1. The summed E-state index contributed by atoms with van der Waals surface area (Å²) in [5.41, 5.74) is 0.845. The van der Waals surface area contributed by atoms with Crippen LogP contribution in [0.3, 0.4) is 0 Å². The summed E-state index contributed by atoms with van der Waals surface area (Å²) in [4.78, 5) is 7.35. The fraction of sp³-hybridized carbons (Fsp3) is 0.364. The van der Waals surface area contributed by atoms with E-state index in [0.29, 0.717) is 5.88 Å². The molecule has 0 radical (unpaired) electrons. The highest BCUT2D eigenvalue weighted by molar-refractivity contribution is 5.83. The molecule has 0 spiro atoms. The lowest BCUT2D eigenvalue weighted by Gasteiger charge is -2.20. The molecule has 0 saturated heterocycles. The number of rotatable bonds is 1. The number of ether oxygens (including phenoxy) is 1. The highest BCUT2D eigenvalue weighted by atomic mass is 16.5. The van der Waals surface area contributed by atoms with Gasteiger partial charge < -0.3 is 9.72 Å². The van der Waals surface area contributed by atoms with Gasteiger partial charge in [0.05, 0.1) is 10.9 Å². The number of pyridine rings is 1. The molecule has 3 nitrogen and oxygen atoms in total. The van der Waals surface area contributed by atoms with E-state index in [1.54, 1.807) is 6.20 Å². The molecule has 0 aliphatic carbocycles. The number of hydrogen-bond acceptors (Lipinski definition) is 2. The van der Waals surface area contributed by atoms with Gasteiger partial charge in [-0.05, 0) is 32.9 Å². The Hall–Kier alpha value is -1.51. The first-order valence-corrected chi connectivity index (χ1v) is 4.67. The highest BCUT2D eigenvalue weighted by Crippen LogP contribution is 2.24. The van der Waals surface area contributed by atoms with Gasteiger partial charge in [0.1, 0.15) is 5.60 Å². The van der Waals surface area contributed by atoms with Gasteiger partial charge in [0.25, 0.3) is 0 Å². The molecule has 74 valence electrons. The number of aromatic nitrogens is 2. The fourth-order valence-electron chi connectivity index (χ4n) is 1.33. The van der Waals surface area contributed by atoms with Crippen molar-refractivity contribution in [1.82, 2.24) is 9.97 Å². The molecule has 2 aromatic heterocycles. The van der Waals surface area contributed by atoms with Crippen molar-refractivity contribution in [2.75, 3.05) is 0 Å². The van der Waals surface area contributed by atoms with Gasteiger partial charge in [-0.15, -0.1) is 0 Å². The average molecular weight is 190 g/mol. The third-order valence-corrected chi connectivity index (χ3v) is 1.85. The third-order valence-electron chi connectivity index (χ3n) is 1.85. The van der Waals surface area contributed by atoms with Crippen LogP contribution in [-0.2, 0) is 0 Å². The van der Waals surface area contributed by atoms with Crippen LogP contribution < -0.4 is 4.74 Å². The second kappa shape index (κ2) is 3.01. The Morgan fingerprint density at radius 2 is 2.07 bits per heavy atom. The minimum atomic E-state index is -0.210. The monoisotopic (exact) mass is 190 g/mol. The molecule has 0 fully saturated rings. The van der Waals surface area contributed by atoms with Gasteiger partial charge in [-0.3, -0.25) is 0 Å². The minimum absolute atomic E-state index is 0.210. The van der Waals surface area contributed by atoms with Crippen LogP contribution in [0.5, 0.6) is 5.88 Å². The van der Waals surface area contributed by atoms with Crippen LogP contribution in [0.15, 0.2) is 24.5 Å². The van der Waals surface area contributed by atoms with Crippen LogP contribution in [-0.4, -0.2) is 15.6 Å². The quantitative estimate of drug-likeness (QED) is 0.750. The zero-order valence-electron chi connectivity index (χ0n) is 8.66. The van der Waals surface area contributed by atoms with Crippen molar-refractivity contribution in [3.63, 3.8) is 0 Å². The summed E-state index contributed by atoms with van der Waals surface area (Å²) in [5.74, 6) is 0.691. The van der Waals surface area contributed by atoms with Crippen molar-refractivity contribution in [3.8, 4) is 5.88 Å². The van der Waals surface area contributed by atoms with Crippen LogP contribution in [0, 0.1) is 0 Å². The Kier molecular flexibility index (Phi) is 1.95. The summed E-state index contributed by atoms with van der Waals surface area (Å²) in [7, 11) is 0. The van der Waals surface area contributed by atoms with Crippen molar-refractivity contribution in [2.45, 2.75) is 26.4 Å². The van der Waals surface area contributed by atoms with E-state index in [-0.39, 0.29) is 5.60 Å². The van der Waals surface area contributed by atoms with E-state index in [1.807, 2.05) is 39.1 Å². The van der Waals surface area contributed by atoms with E-state index in [1.165, 1.54) is 0 Å². The van der Waals surface area contributed by atoms with Crippen LogP contribution in [0.25, 0.3) is 10.9 Å². The van der Waals surface area contributed by atoms with Crippen molar-refractivity contribution < 1.29 is 4.74 Å². The first kappa shape index (κ1) is 9.06. The number of nitrogens with zero attached hydrogens (tertiary/aromatic N) is 1. The van der Waals surface area contributed by atoms with Gasteiger partial charge in [0.2, 0.25) is 5.88 Å². The van der Waals surface area contributed by atoms with E-state index in [2.05, 4.69) is 9.97 Å². The molecule has 2 rings (SSSR count). The molecule has 1 N–H and O–H groups in total. The predicted octanol–water partition coefficient (Wildman–Crippen LogP) is 2.74. The van der Waals surface area contributed by atoms with E-state index in [9.17, 15) is 0 Å². The first-order valence-electron chi connectivity index (χ1n) is 4.67. The molecule has 0 unspecified atom stereocenters.